The van der Waals surface area contributed by atoms with Gasteiger partial charge in [-0.2, -0.15) is 0 Å². The quantitative estimate of drug-likeness (QED) is 0.479. The minimum atomic E-state index is -1.11. The number of aliphatic carboxylic acids is 1. The van der Waals surface area contributed by atoms with Crippen LogP contribution in [0.3, 0.4) is 0 Å². The molecule has 8 nitrogen and oxygen atoms in total. The maximum atomic E-state index is 12.4. The monoisotopic (exact) mass is 480 g/mol. The van der Waals surface area contributed by atoms with E-state index in [1.807, 2.05) is 24.3 Å². The van der Waals surface area contributed by atoms with Crippen molar-refractivity contribution in [3.8, 4) is 11.1 Å². The van der Waals surface area contributed by atoms with E-state index in [2.05, 4.69) is 34.9 Å². The molecule has 3 atom stereocenters. The summed E-state index contributed by atoms with van der Waals surface area (Å²) in [6.45, 7) is 0.703. The molecule has 8 heteroatoms. The lowest BCUT2D eigenvalue weighted by molar-refractivity contribution is -0.143. The van der Waals surface area contributed by atoms with Gasteiger partial charge in [0.05, 0.1) is 6.61 Å². The van der Waals surface area contributed by atoms with Gasteiger partial charge < -0.3 is 25.2 Å². The molecule has 0 radical (unpaired) electrons. The Bertz CT molecular complexity index is 1030. The predicted octanol–water partition coefficient (Wildman–Crippen LogP) is 3.55. The van der Waals surface area contributed by atoms with E-state index < -0.39 is 18.1 Å². The summed E-state index contributed by atoms with van der Waals surface area (Å²) < 4.78 is 10.4. The van der Waals surface area contributed by atoms with Crippen LogP contribution in [0.1, 0.15) is 42.7 Å². The number of alkyl carbamates (subject to hydrolysis) is 1. The molecule has 2 amide bonds. The first-order chi connectivity index (χ1) is 17.0. The second kappa shape index (κ2) is 11.4. The molecule has 4 rings (SSSR count). The summed E-state index contributed by atoms with van der Waals surface area (Å²) in [7, 11) is 1.40. The van der Waals surface area contributed by atoms with Crippen LogP contribution in [0.5, 0.6) is 0 Å². The third-order valence-electron chi connectivity index (χ3n) is 6.97. The Labute approximate surface area is 205 Å². The molecule has 2 aliphatic rings. The first kappa shape index (κ1) is 24.7. The van der Waals surface area contributed by atoms with Crippen LogP contribution >= 0.6 is 0 Å². The minimum absolute atomic E-state index is 0.0234. The Balaban J connectivity index is 1.20. The van der Waals surface area contributed by atoms with Crippen LogP contribution in [0.15, 0.2) is 48.5 Å². The van der Waals surface area contributed by atoms with Gasteiger partial charge in [-0.3, -0.25) is 4.79 Å². The highest BCUT2D eigenvalue weighted by atomic mass is 16.5. The van der Waals surface area contributed by atoms with Crippen LogP contribution in [0, 0.1) is 11.8 Å². The zero-order valence-electron chi connectivity index (χ0n) is 19.9. The molecule has 0 heterocycles. The number of fused-ring (bicyclic) bond motifs is 3. The molecule has 186 valence electrons. The number of ether oxygens (including phenoxy) is 2. The smallest absolute Gasteiger partial charge is 0.407 e. The Kier molecular flexibility index (Phi) is 8.02. The molecule has 1 saturated carbocycles. The van der Waals surface area contributed by atoms with Crippen molar-refractivity contribution >= 4 is 18.0 Å². The molecule has 2 aromatic carbocycles. The lowest BCUT2D eigenvalue weighted by Crippen LogP contribution is -2.44. The maximum Gasteiger partial charge on any atom is 0.407 e. The second-order valence-corrected chi connectivity index (χ2v) is 9.37. The van der Waals surface area contributed by atoms with Crippen LogP contribution in [-0.2, 0) is 19.1 Å². The summed E-state index contributed by atoms with van der Waals surface area (Å²) in [4.78, 5) is 35.8. The van der Waals surface area contributed by atoms with E-state index in [-0.39, 0.29) is 43.3 Å². The molecule has 2 aromatic rings. The molecule has 35 heavy (non-hydrogen) atoms. The Morgan fingerprint density at radius 1 is 1.00 bits per heavy atom. The highest BCUT2D eigenvalue weighted by molar-refractivity contribution is 5.83. The number of carboxylic acids is 1. The first-order valence-electron chi connectivity index (χ1n) is 12.1. The van der Waals surface area contributed by atoms with E-state index in [9.17, 15) is 14.4 Å². The van der Waals surface area contributed by atoms with Gasteiger partial charge in [0, 0.05) is 26.0 Å². The molecule has 0 saturated heterocycles. The van der Waals surface area contributed by atoms with Gasteiger partial charge in [0.15, 0.2) is 6.04 Å². The second-order valence-electron chi connectivity index (χ2n) is 9.37. The third-order valence-corrected chi connectivity index (χ3v) is 6.97. The highest BCUT2D eigenvalue weighted by Crippen LogP contribution is 2.44. The molecule has 2 aliphatic carbocycles. The first-order valence-corrected chi connectivity index (χ1v) is 12.1. The van der Waals surface area contributed by atoms with Crippen LogP contribution in [0.2, 0.25) is 0 Å². The van der Waals surface area contributed by atoms with Crippen molar-refractivity contribution in [2.24, 2.45) is 11.8 Å². The Morgan fingerprint density at radius 2 is 1.63 bits per heavy atom. The number of nitrogens with one attached hydrogen (secondary N) is 2. The van der Waals surface area contributed by atoms with Crippen molar-refractivity contribution < 1.29 is 29.0 Å². The van der Waals surface area contributed by atoms with E-state index >= 15 is 0 Å². The number of carbonyl (C=O) groups is 3. The molecule has 0 spiro atoms. The van der Waals surface area contributed by atoms with Crippen LogP contribution < -0.4 is 10.6 Å². The van der Waals surface area contributed by atoms with Crippen molar-refractivity contribution in [2.45, 2.75) is 37.6 Å². The largest absolute Gasteiger partial charge is 0.480 e. The average molecular weight is 481 g/mol. The summed E-state index contributed by atoms with van der Waals surface area (Å²) in [6, 6.07) is 15.4. The normalized spacial score (nSPS) is 19.5. The number of methoxy groups -OCH3 is 1. The average Bonchev–Trinajstić information content (AvgIpc) is 3.43. The standard InChI is InChI=1S/C27H32N2O6/c1-34-16-24(26(31)32)29-25(30)13-17-10-11-18(12-17)14-28-27(33)35-15-23-21-8-4-2-6-19(21)20-7-3-5-9-22(20)23/h2-9,17-18,23-24H,10-16H2,1H3,(H,28,33)(H,29,30)(H,31,32). The molecule has 3 unspecified atom stereocenters. The number of hydrogen-bond donors (Lipinski definition) is 3. The van der Waals surface area contributed by atoms with Gasteiger partial charge >= 0.3 is 12.1 Å². The summed E-state index contributed by atoms with van der Waals surface area (Å²) in [6.07, 6.45) is 2.42. The summed E-state index contributed by atoms with van der Waals surface area (Å²) in [5, 5.41) is 14.5. The van der Waals surface area contributed by atoms with Crippen molar-refractivity contribution in [1.82, 2.24) is 10.6 Å². The number of benzene rings is 2. The van der Waals surface area contributed by atoms with Gasteiger partial charge in [0.2, 0.25) is 5.91 Å². The molecule has 0 aromatic heterocycles. The summed E-state index contributed by atoms with van der Waals surface area (Å²) in [5.74, 6) is -0.944. The van der Waals surface area contributed by atoms with Crippen molar-refractivity contribution in [2.75, 3.05) is 26.9 Å². The van der Waals surface area contributed by atoms with E-state index in [4.69, 9.17) is 14.6 Å². The van der Waals surface area contributed by atoms with Gasteiger partial charge in [-0.25, -0.2) is 9.59 Å². The number of carbonyl (C=O) groups excluding carboxylic acids is 2. The topological polar surface area (TPSA) is 114 Å². The number of amides is 2. The van der Waals surface area contributed by atoms with E-state index in [0.29, 0.717) is 6.54 Å². The highest BCUT2D eigenvalue weighted by Gasteiger charge is 2.30. The van der Waals surface area contributed by atoms with Crippen molar-refractivity contribution in [3.63, 3.8) is 0 Å². The fourth-order valence-corrected chi connectivity index (χ4v) is 5.28. The van der Waals surface area contributed by atoms with Gasteiger partial charge in [-0.1, -0.05) is 48.5 Å². The molecule has 3 N–H and O–H groups in total. The lowest BCUT2D eigenvalue weighted by Gasteiger charge is -2.17. The van der Waals surface area contributed by atoms with E-state index in [1.54, 1.807) is 0 Å². The SMILES string of the molecule is COCC(NC(=O)CC1CCC(CNC(=O)OCC2c3ccccc3-c3ccccc32)C1)C(=O)O. The zero-order valence-corrected chi connectivity index (χ0v) is 19.9. The Morgan fingerprint density at radius 3 is 2.26 bits per heavy atom. The molecule has 0 bridgehead atoms. The number of carboxylic acid groups (broad SMARTS) is 1. The van der Waals surface area contributed by atoms with Gasteiger partial charge in [-0.05, 0) is 53.4 Å². The molecule has 0 aliphatic heterocycles. The predicted molar refractivity (Wildman–Crippen MR) is 130 cm³/mol. The van der Waals surface area contributed by atoms with Crippen molar-refractivity contribution in [1.29, 1.82) is 0 Å². The zero-order chi connectivity index (χ0) is 24.8. The molecular weight excluding hydrogens is 448 g/mol. The number of rotatable bonds is 10. The van der Waals surface area contributed by atoms with Crippen molar-refractivity contribution in [3.05, 3.63) is 59.7 Å². The van der Waals surface area contributed by atoms with Crippen LogP contribution in [0.25, 0.3) is 11.1 Å². The maximum absolute atomic E-state index is 12.4. The third kappa shape index (κ3) is 6.00. The fourth-order valence-electron chi connectivity index (χ4n) is 5.28. The minimum Gasteiger partial charge on any atom is -0.480 e. The molecule has 1 fully saturated rings. The van der Waals surface area contributed by atoms with Gasteiger partial charge in [0.25, 0.3) is 0 Å². The molecular formula is C27H32N2O6. The van der Waals surface area contributed by atoms with Gasteiger partial charge in [0.1, 0.15) is 6.61 Å². The number of hydrogen-bond acceptors (Lipinski definition) is 5. The summed E-state index contributed by atoms with van der Waals surface area (Å²) in [5.41, 5.74) is 4.73. The van der Waals surface area contributed by atoms with Crippen LogP contribution in [-0.4, -0.2) is 56.0 Å². The van der Waals surface area contributed by atoms with Gasteiger partial charge in [-0.15, -0.1) is 0 Å². The fraction of sp³-hybridized carbons (Fsp3) is 0.444. The van der Waals surface area contributed by atoms with E-state index in [1.165, 1.54) is 29.4 Å². The lowest BCUT2D eigenvalue weighted by atomic mass is 9.98. The summed E-state index contributed by atoms with van der Waals surface area (Å²) >= 11 is 0. The van der Waals surface area contributed by atoms with E-state index in [0.717, 1.165) is 19.3 Å². The Hall–Kier alpha value is -3.39. The van der Waals surface area contributed by atoms with Crippen LogP contribution in [0.4, 0.5) is 4.79 Å².